The lowest BCUT2D eigenvalue weighted by molar-refractivity contribution is -0.137. The van der Waals surface area contributed by atoms with Crippen LogP contribution in [0.5, 0.6) is 0 Å². The van der Waals surface area contributed by atoms with E-state index in [1.54, 1.807) is 24.3 Å². The van der Waals surface area contributed by atoms with E-state index in [-0.39, 0.29) is 18.7 Å². The highest BCUT2D eigenvalue weighted by Crippen LogP contribution is 2.28. The zero-order valence-corrected chi connectivity index (χ0v) is 9.64. The molecule has 0 amide bonds. The summed E-state index contributed by atoms with van der Waals surface area (Å²) in [6.07, 6.45) is -0.899. The van der Waals surface area contributed by atoms with Gasteiger partial charge in [0, 0.05) is 11.8 Å². The summed E-state index contributed by atoms with van der Waals surface area (Å²) < 4.78 is 13.6. The summed E-state index contributed by atoms with van der Waals surface area (Å²) in [5, 5.41) is 19.6. The molecule has 0 aromatic heterocycles. The number of aliphatic hydroxyl groups excluding tert-OH is 1. The quantitative estimate of drug-likeness (QED) is 0.874. The second-order valence-electron chi connectivity index (χ2n) is 4.13. The van der Waals surface area contributed by atoms with Gasteiger partial charge < -0.3 is 10.2 Å². The van der Waals surface area contributed by atoms with Gasteiger partial charge in [0.05, 0.1) is 6.10 Å². The van der Waals surface area contributed by atoms with Gasteiger partial charge in [-0.25, -0.2) is 4.39 Å². The molecule has 1 unspecified atom stereocenters. The second-order valence-corrected chi connectivity index (χ2v) is 4.13. The van der Waals surface area contributed by atoms with Crippen molar-refractivity contribution in [2.75, 3.05) is 0 Å². The summed E-state index contributed by atoms with van der Waals surface area (Å²) in [5.41, 5.74) is 0.563. The zero-order chi connectivity index (χ0) is 13.1. The topological polar surface area (TPSA) is 57.5 Å². The van der Waals surface area contributed by atoms with E-state index < -0.39 is 12.1 Å². The Morgan fingerprint density at radius 3 is 2.50 bits per heavy atom. The average Bonchev–Trinajstić information content (AvgIpc) is 2.37. The van der Waals surface area contributed by atoms with E-state index in [1.165, 1.54) is 12.1 Å². The Bertz CT molecular complexity index is 580. The van der Waals surface area contributed by atoms with Crippen LogP contribution in [0.15, 0.2) is 36.4 Å². The molecule has 0 aliphatic carbocycles. The largest absolute Gasteiger partial charge is 0.481 e. The lowest BCUT2D eigenvalue weighted by Gasteiger charge is -2.13. The highest BCUT2D eigenvalue weighted by molar-refractivity contribution is 5.86. The minimum absolute atomic E-state index is 0.116. The molecular formula is C14H13FO3. The standard InChI is InChI=1S/C14H13FO3/c15-12-6-5-11(13(16)7-8-14(17)18)9-3-1-2-4-10(9)12/h1-6,13,16H,7-8H2,(H,17,18). The van der Waals surface area contributed by atoms with Gasteiger partial charge in [-0.3, -0.25) is 4.79 Å². The Morgan fingerprint density at radius 2 is 1.83 bits per heavy atom. The summed E-state index contributed by atoms with van der Waals surface area (Å²) in [6.45, 7) is 0. The first-order chi connectivity index (χ1) is 8.59. The van der Waals surface area contributed by atoms with Gasteiger partial charge in [0.1, 0.15) is 5.82 Å². The van der Waals surface area contributed by atoms with E-state index in [0.717, 1.165) is 0 Å². The van der Waals surface area contributed by atoms with Gasteiger partial charge in [-0.1, -0.05) is 30.3 Å². The molecule has 0 saturated carbocycles. The van der Waals surface area contributed by atoms with Crippen molar-refractivity contribution >= 4 is 16.7 Å². The average molecular weight is 248 g/mol. The van der Waals surface area contributed by atoms with Crippen LogP contribution in [0.4, 0.5) is 4.39 Å². The van der Waals surface area contributed by atoms with Gasteiger partial charge in [-0.05, 0) is 23.4 Å². The Kier molecular flexibility index (Phi) is 3.58. The van der Waals surface area contributed by atoms with Crippen LogP contribution < -0.4 is 0 Å². The highest BCUT2D eigenvalue weighted by Gasteiger charge is 2.14. The highest BCUT2D eigenvalue weighted by atomic mass is 19.1. The van der Waals surface area contributed by atoms with Crippen molar-refractivity contribution in [1.82, 2.24) is 0 Å². The molecule has 94 valence electrons. The predicted molar refractivity (Wildman–Crippen MR) is 65.7 cm³/mol. The number of rotatable bonds is 4. The maximum Gasteiger partial charge on any atom is 0.303 e. The molecule has 2 aromatic rings. The maximum atomic E-state index is 13.6. The molecule has 2 aromatic carbocycles. The Balaban J connectivity index is 2.39. The fraction of sp³-hybridized carbons (Fsp3) is 0.214. The number of hydrogen-bond acceptors (Lipinski definition) is 2. The normalized spacial score (nSPS) is 12.6. The Labute approximate surface area is 103 Å². The predicted octanol–water partition coefficient (Wildman–Crippen LogP) is 2.88. The molecule has 4 heteroatoms. The smallest absolute Gasteiger partial charge is 0.303 e. The summed E-state index contributed by atoms with van der Waals surface area (Å²) in [4.78, 5) is 10.5. The van der Waals surface area contributed by atoms with Crippen molar-refractivity contribution in [3.05, 3.63) is 47.8 Å². The molecule has 0 saturated heterocycles. The van der Waals surface area contributed by atoms with Crippen molar-refractivity contribution in [1.29, 1.82) is 0 Å². The van der Waals surface area contributed by atoms with Crippen LogP contribution in [0.2, 0.25) is 0 Å². The fourth-order valence-electron chi connectivity index (χ4n) is 1.99. The number of halogens is 1. The van der Waals surface area contributed by atoms with Crippen LogP contribution in [0.25, 0.3) is 10.8 Å². The van der Waals surface area contributed by atoms with E-state index in [4.69, 9.17) is 5.11 Å². The van der Waals surface area contributed by atoms with E-state index in [2.05, 4.69) is 0 Å². The fourth-order valence-corrected chi connectivity index (χ4v) is 1.99. The van der Waals surface area contributed by atoms with Crippen LogP contribution >= 0.6 is 0 Å². The Morgan fingerprint density at radius 1 is 1.17 bits per heavy atom. The van der Waals surface area contributed by atoms with Crippen LogP contribution in [-0.4, -0.2) is 16.2 Å². The van der Waals surface area contributed by atoms with Crippen molar-refractivity contribution in [3.8, 4) is 0 Å². The van der Waals surface area contributed by atoms with Crippen molar-refractivity contribution < 1.29 is 19.4 Å². The summed E-state index contributed by atoms with van der Waals surface area (Å²) in [6, 6.07) is 9.63. The molecule has 0 aliphatic rings. The summed E-state index contributed by atoms with van der Waals surface area (Å²) in [7, 11) is 0. The number of benzene rings is 2. The van der Waals surface area contributed by atoms with Crippen LogP contribution in [0.3, 0.4) is 0 Å². The minimum atomic E-state index is -0.958. The molecule has 1 atom stereocenters. The monoisotopic (exact) mass is 248 g/mol. The molecule has 2 N–H and O–H groups in total. The Hall–Kier alpha value is -1.94. The first-order valence-electron chi connectivity index (χ1n) is 5.66. The van der Waals surface area contributed by atoms with Crippen LogP contribution in [-0.2, 0) is 4.79 Å². The maximum absolute atomic E-state index is 13.6. The number of carboxylic acid groups (broad SMARTS) is 1. The molecule has 3 nitrogen and oxygen atoms in total. The molecule has 18 heavy (non-hydrogen) atoms. The lowest BCUT2D eigenvalue weighted by Crippen LogP contribution is -2.03. The molecule has 0 heterocycles. The third kappa shape index (κ3) is 2.49. The van der Waals surface area contributed by atoms with Gasteiger partial charge in [-0.2, -0.15) is 0 Å². The second kappa shape index (κ2) is 5.14. The van der Waals surface area contributed by atoms with Gasteiger partial charge >= 0.3 is 5.97 Å². The molecular weight excluding hydrogens is 235 g/mol. The van der Waals surface area contributed by atoms with Gasteiger partial charge in [0.25, 0.3) is 0 Å². The molecule has 0 aliphatic heterocycles. The van der Waals surface area contributed by atoms with Gasteiger partial charge in [0.15, 0.2) is 0 Å². The van der Waals surface area contributed by atoms with Crippen molar-refractivity contribution in [3.63, 3.8) is 0 Å². The van der Waals surface area contributed by atoms with Crippen LogP contribution in [0, 0.1) is 5.82 Å². The third-order valence-corrected chi connectivity index (χ3v) is 2.90. The molecule has 0 fully saturated rings. The van der Waals surface area contributed by atoms with Gasteiger partial charge in [-0.15, -0.1) is 0 Å². The summed E-state index contributed by atoms with van der Waals surface area (Å²) in [5.74, 6) is -1.31. The number of carbonyl (C=O) groups is 1. The number of aliphatic carboxylic acids is 1. The molecule has 0 spiro atoms. The SMILES string of the molecule is O=C(O)CCC(O)c1ccc(F)c2ccccc12. The molecule has 2 rings (SSSR count). The van der Waals surface area contributed by atoms with E-state index in [0.29, 0.717) is 16.3 Å². The lowest BCUT2D eigenvalue weighted by atomic mass is 9.97. The van der Waals surface area contributed by atoms with E-state index in [9.17, 15) is 14.3 Å². The van der Waals surface area contributed by atoms with Crippen molar-refractivity contribution in [2.45, 2.75) is 18.9 Å². The number of aliphatic hydroxyl groups is 1. The van der Waals surface area contributed by atoms with E-state index >= 15 is 0 Å². The number of carboxylic acids is 1. The minimum Gasteiger partial charge on any atom is -0.481 e. The third-order valence-electron chi connectivity index (χ3n) is 2.90. The first-order valence-corrected chi connectivity index (χ1v) is 5.66. The van der Waals surface area contributed by atoms with Gasteiger partial charge in [0.2, 0.25) is 0 Å². The van der Waals surface area contributed by atoms with E-state index in [1.807, 2.05) is 0 Å². The summed E-state index contributed by atoms with van der Waals surface area (Å²) >= 11 is 0. The van der Waals surface area contributed by atoms with Crippen molar-refractivity contribution in [2.24, 2.45) is 0 Å². The zero-order valence-electron chi connectivity index (χ0n) is 9.64. The number of fused-ring (bicyclic) bond motifs is 1. The first kappa shape index (κ1) is 12.5. The number of hydrogen-bond donors (Lipinski definition) is 2. The molecule has 0 radical (unpaired) electrons. The molecule has 0 bridgehead atoms. The van der Waals surface area contributed by atoms with Crippen LogP contribution in [0.1, 0.15) is 24.5 Å².